The van der Waals surface area contributed by atoms with Crippen molar-refractivity contribution in [3.05, 3.63) is 83.2 Å². The first-order chi connectivity index (χ1) is 13.7. The molecule has 0 spiro atoms. The first-order valence-electron chi connectivity index (χ1n) is 9.43. The molecule has 2 aromatic carbocycles. The average Bonchev–Trinajstić information content (AvgIpc) is 3.38. The van der Waals surface area contributed by atoms with Gasteiger partial charge in [0.25, 0.3) is 0 Å². The SMILES string of the molecule is O=C(NCc1ccccc1)N1CCC[C@@H]1c1n[nH]c(Cc2ccc(F)cc2)n1. The number of hydrogen-bond acceptors (Lipinski definition) is 3. The Morgan fingerprint density at radius 2 is 1.93 bits per heavy atom. The summed E-state index contributed by atoms with van der Waals surface area (Å²) in [6.45, 7) is 1.18. The largest absolute Gasteiger partial charge is 0.334 e. The van der Waals surface area contributed by atoms with Gasteiger partial charge in [-0.2, -0.15) is 5.10 Å². The van der Waals surface area contributed by atoms with Gasteiger partial charge in [-0.3, -0.25) is 5.10 Å². The van der Waals surface area contributed by atoms with Crippen LogP contribution in [0.25, 0.3) is 0 Å². The number of carbonyl (C=O) groups is 1. The van der Waals surface area contributed by atoms with Crippen LogP contribution in [0.2, 0.25) is 0 Å². The van der Waals surface area contributed by atoms with E-state index >= 15 is 0 Å². The summed E-state index contributed by atoms with van der Waals surface area (Å²) in [5, 5.41) is 10.3. The minimum atomic E-state index is -0.259. The summed E-state index contributed by atoms with van der Waals surface area (Å²) in [7, 11) is 0. The number of benzene rings is 2. The molecule has 1 aromatic heterocycles. The Bertz CT molecular complexity index is 925. The van der Waals surface area contributed by atoms with Gasteiger partial charge in [0.05, 0.1) is 6.04 Å². The molecule has 1 saturated heterocycles. The smallest absolute Gasteiger partial charge is 0.318 e. The number of H-pyrrole nitrogens is 1. The molecule has 1 fully saturated rings. The van der Waals surface area contributed by atoms with Gasteiger partial charge in [0.1, 0.15) is 11.6 Å². The van der Waals surface area contributed by atoms with Crippen molar-refractivity contribution in [3.63, 3.8) is 0 Å². The van der Waals surface area contributed by atoms with Crippen molar-refractivity contribution in [2.24, 2.45) is 0 Å². The fraction of sp³-hybridized carbons (Fsp3) is 0.286. The molecule has 144 valence electrons. The number of nitrogens with one attached hydrogen (secondary N) is 2. The van der Waals surface area contributed by atoms with E-state index in [9.17, 15) is 9.18 Å². The maximum atomic E-state index is 13.0. The van der Waals surface area contributed by atoms with Gasteiger partial charge in [0, 0.05) is 19.5 Å². The van der Waals surface area contributed by atoms with Crippen molar-refractivity contribution in [2.75, 3.05) is 6.54 Å². The highest BCUT2D eigenvalue weighted by molar-refractivity contribution is 5.75. The van der Waals surface area contributed by atoms with E-state index < -0.39 is 0 Å². The van der Waals surface area contributed by atoms with E-state index in [1.54, 1.807) is 17.0 Å². The molecule has 0 saturated carbocycles. The van der Waals surface area contributed by atoms with Crippen LogP contribution in [0, 0.1) is 5.82 Å². The van der Waals surface area contributed by atoms with Gasteiger partial charge in [-0.15, -0.1) is 0 Å². The molecule has 1 aliphatic rings. The lowest BCUT2D eigenvalue weighted by molar-refractivity contribution is 0.190. The normalized spacial score (nSPS) is 16.3. The summed E-state index contributed by atoms with van der Waals surface area (Å²) < 4.78 is 13.0. The van der Waals surface area contributed by atoms with Crippen LogP contribution in [0.3, 0.4) is 0 Å². The molecule has 0 unspecified atom stereocenters. The summed E-state index contributed by atoms with van der Waals surface area (Å²) in [6.07, 6.45) is 2.30. The van der Waals surface area contributed by atoms with Gasteiger partial charge in [-0.1, -0.05) is 42.5 Å². The molecule has 2 heterocycles. The zero-order chi connectivity index (χ0) is 19.3. The van der Waals surface area contributed by atoms with E-state index in [1.165, 1.54) is 12.1 Å². The maximum absolute atomic E-state index is 13.0. The predicted octanol–water partition coefficient (Wildman–Crippen LogP) is 3.58. The molecule has 1 atom stereocenters. The monoisotopic (exact) mass is 379 g/mol. The zero-order valence-electron chi connectivity index (χ0n) is 15.4. The average molecular weight is 379 g/mol. The number of hydrogen-bond donors (Lipinski definition) is 2. The third-order valence-electron chi connectivity index (χ3n) is 4.93. The van der Waals surface area contributed by atoms with Gasteiger partial charge < -0.3 is 10.2 Å². The lowest BCUT2D eigenvalue weighted by Gasteiger charge is -2.23. The van der Waals surface area contributed by atoms with Gasteiger partial charge in [-0.05, 0) is 36.1 Å². The van der Waals surface area contributed by atoms with Crippen LogP contribution in [-0.4, -0.2) is 32.7 Å². The second-order valence-corrected chi connectivity index (χ2v) is 6.94. The van der Waals surface area contributed by atoms with E-state index in [4.69, 9.17) is 0 Å². The highest BCUT2D eigenvalue weighted by Gasteiger charge is 2.32. The number of urea groups is 1. The lowest BCUT2D eigenvalue weighted by Crippen LogP contribution is -2.39. The highest BCUT2D eigenvalue weighted by atomic mass is 19.1. The lowest BCUT2D eigenvalue weighted by atomic mass is 10.1. The van der Waals surface area contributed by atoms with E-state index in [0.717, 1.165) is 24.0 Å². The first kappa shape index (κ1) is 18.2. The molecule has 28 heavy (non-hydrogen) atoms. The van der Waals surface area contributed by atoms with Crippen molar-refractivity contribution < 1.29 is 9.18 Å². The number of likely N-dealkylation sites (tertiary alicyclic amines) is 1. The molecule has 6 nitrogen and oxygen atoms in total. The Kier molecular flexibility index (Phi) is 5.32. The molecule has 3 aromatic rings. The van der Waals surface area contributed by atoms with Crippen LogP contribution in [0.5, 0.6) is 0 Å². The van der Waals surface area contributed by atoms with Crippen LogP contribution in [0.4, 0.5) is 9.18 Å². The maximum Gasteiger partial charge on any atom is 0.318 e. The van der Waals surface area contributed by atoms with Crippen molar-refractivity contribution in [1.82, 2.24) is 25.4 Å². The molecule has 0 bridgehead atoms. The Balaban J connectivity index is 1.39. The van der Waals surface area contributed by atoms with E-state index in [1.807, 2.05) is 30.3 Å². The van der Waals surface area contributed by atoms with Crippen molar-refractivity contribution in [1.29, 1.82) is 0 Å². The summed E-state index contributed by atoms with van der Waals surface area (Å²) in [6, 6.07) is 15.9. The molecule has 2 amide bonds. The number of rotatable bonds is 5. The van der Waals surface area contributed by atoms with Gasteiger partial charge in [-0.25, -0.2) is 14.2 Å². The van der Waals surface area contributed by atoms with Crippen LogP contribution in [0.1, 0.15) is 41.7 Å². The van der Waals surface area contributed by atoms with Crippen molar-refractivity contribution in [3.8, 4) is 0 Å². The minimum absolute atomic E-state index is 0.101. The molecule has 7 heteroatoms. The summed E-state index contributed by atoms with van der Waals surface area (Å²) >= 11 is 0. The zero-order valence-corrected chi connectivity index (χ0v) is 15.4. The summed E-state index contributed by atoms with van der Waals surface area (Å²) in [4.78, 5) is 19.0. The van der Waals surface area contributed by atoms with Crippen LogP contribution >= 0.6 is 0 Å². The number of aromatic amines is 1. The Labute approximate surface area is 162 Å². The summed E-state index contributed by atoms with van der Waals surface area (Å²) in [5.74, 6) is 1.08. The number of aromatic nitrogens is 3. The fourth-order valence-electron chi connectivity index (χ4n) is 3.49. The Hall–Kier alpha value is -3.22. The standard InChI is InChI=1S/C21H22FN5O/c22-17-10-8-15(9-11-17)13-19-24-20(26-25-19)18-7-4-12-27(18)21(28)23-14-16-5-2-1-3-6-16/h1-3,5-6,8-11,18H,4,7,12-14H2,(H,23,28)(H,24,25,26)/t18-/m1/s1. The molecule has 2 N–H and O–H groups in total. The molecule has 1 aliphatic heterocycles. The highest BCUT2D eigenvalue weighted by Crippen LogP contribution is 2.29. The number of carbonyl (C=O) groups excluding carboxylic acids is 1. The second-order valence-electron chi connectivity index (χ2n) is 6.94. The van der Waals surface area contributed by atoms with Gasteiger partial charge >= 0.3 is 6.03 Å². The predicted molar refractivity (Wildman–Crippen MR) is 103 cm³/mol. The van der Waals surface area contributed by atoms with E-state index in [2.05, 4.69) is 20.5 Å². The Morgan fingerprint density at radius 3 is 2.71 bits per heavy atom. The topological polar surface area (TPSA) is 73.9 Å². The van der Waals surface area contributed by atoms with Crippen molar-refractivity contribution in [2.45, 2.75) is 31.8 Å². The molecule has 4 rings (SSSR count). The number of amides is 2. The van der Waals surface area contributed by atoms with Gasteiger partial charge in [0.2, 0.25) is 0 Å². The van der Waals surface area contributed by atoms with Crippen LogP contribution in [-0.2, 0) is 13.0 Å². The van der Waals surface area contributed by atoms with E-state index in [0.29, 0.717) is 31.2 Å². The van der Waals surface area contributed by atoms with Crippen LogP contribution < -0.4 is 5.32 Å². The molecule has 0 aliphatic carbocycles. The Morgan fingerprint density at radius 1 is 1.14 bits per heavy atom. The third kappa shape index (κ3) is 4.19. The fourth-order valence-corrected chi connectivity index (χ4v) is 3.49. The number of nitrogens with zero attached hydrogens (tertiary/aromatic N) is 3. The van der Waals surface area contributed by atoms with Crippen LogP contribution in [0.15, 0.2) is 54.6 Å². The third-order valence-corrected chi connectivity index (χ3v) is 4.93. The first-order valence-corrected chi connectivity index (χ1v) is 9.43. The molecule has 0 radical (unpaired) electrons. The minimum Gasteiger partial charge on any atom is -0.334 e. The van der Waals surface area contributed by atoms with E-state index in [-0.39, 0.29) is 17.9 Å². The van der Waals surface area contributed by atoms with Crippen molar-refractivity contribution >= 4 is 6.03 Å². The number of halogens is 1. The molecular formula is C21H22FN5O. The molecular weight excluding hydrogens is 357 g/mol. The van der Waals surface area contributed by atoms with Gasteiger partial charge in [0.15, 0.2) is 5.82 Å². The summed E-state index contributed by atoms with van der Waals surface area (Å²) in [5.41, 5.74) is 2.01. The second kappa shape index (κ2) is 8.21. The quantitative estimate of drug-likeness (QED) is 0.712.